The predicted octanol–water partition coefficient (Wildman–Crippen LogP) is 3.09. The lowest BCUT2D eigenvalue weighted by Crippen LogP contribution is -2.51. The number of carbonyl (C=O) groups is 2. The third-order valence-corrected chi connectivity index (χ3v) is 7.25. The SMILES string of the molecule is CC1CCCC(NC(=O)CN2CCCC(C(=O)NC3CCCCC3)C2)C1C. The molecule has 0 spiro atoms. The van der Waals surface area contributed by atoms with Gasteiger partial charge in [-0.15, -0.1) is 0 Å². The van der Waals surface area contributed by atoms with Gasteiger partial charge in [0.25, 0.3) is 0 Å². The molecule has 2 amide bonds. The Hall–Kier alpha value is -1.10. The first-order valence-electron chi connectivity index (χ1n) is 11.3. The Balaban J connectivity index is 1.43. The van der Waals surface area contributed by atoms with E-state index in [-0.39, 0.29) is 17.7 Å². The summed E-state index contributed by atoms with van der Waals surface area (Å²) in [6.45, 7) is 6.65. The third-order valence-electron chi connectivity index (χ3n) is 7.25. The second-order valence-corrected chi connectivity index (χ2v) is 9.36. The highest BCUT2D eigenvalue weighted by molar-refractivity contribution is 5.80. The number of amides is 2. The molecule has 27 heavy (non-hydrogen) atoms. The molecule has 3 fully saturated rings. The zero-order chi connectivity index (χ0) is 19.2. The molecule has 3 rings (SSSR count). The molecule has 5 heteroatoms. The molecule has 1 aliphatic heterocycles. The first-order valence-corrected chi connectivity index (χ1v) is 11.3. The van der Waals surface area contributed by atoms with E-state index in [0.717, 1.165) is 45.2 Å². The van der Waals surface area contributed by atoms with Crippen LogP contribution in [0.25, 0.3) is 0 Å². The van der Waals surface area contributed by atoms with Gasteiger partial charge in [0.05, 0.1) is 12.5 Å². The van der Waals surface area contributed by atoms with E-state index in [4.69, 9.17) is 0 Å². The summed E-state index contributed by atoms with van der Waals surface area (Å²) in [7, 11) is 0. The summed E-state index contributed by atoms with van der Waals surface area (Å²) in [5, 5.41) is 6.55. The van der Waals surface area contributed by atoms with Crippen LogP contribution in [0.3, 0.4) is 0 Å². The van der Waals surface area contributed by atoms with Crippen LogP contribution in [-0.2, 0) is 9.59 Å². The van der Waals surface area contributed by atoms with Crippen molar-refractivity contribution in [3.63, 3.8) is 0 Å². The molecular weight excluding hydrogens is 338 g/mol. The first kappa shape index (κ1) is 20.6. The Kier molecular flexibility index (Phi) is 7.57. The zero-order valence-electron chi connectivity index (χ0n) is 17.3. The Bertz CT molecular complexity index is 504. The maximum absolute atomic E-state index is 12.7. The third kappa shape index (κ3) is 5.94. The van der Waals surface area contributed by atoms with Crippen LogP contribution in [0.4, 0.5) is 0 Å². The Morgan fingerprint density at radius 3 is 2.44 bits per heavy atom. The lowest BCUT2D eigenvalue weighted by atomic mass is 9.78. The fraction of sp³-hybridized carbons (Fsp3) is 0.909. The summed E-state index contributed by atoms with van der Waals surface area (Å²) < 4.78 is 0. The molecule has 0 bridgehead atoms. The van der Waals surface area contributed by atoms with Crippen molar-refractivity contribution in [2.75, 3.05) is 19.6 Å². The van der Waals surface area contributed by atoms with Gasteiger partial charge in [0.2, 0.25) is 11.8 Å². The molecule has 0 aromatic rings. The van der Waals surface area contributed by atoms with Crippen molar-refractivity contribution < 1.29 is 9.59 Å². The summed E-state index contributed by atoms with van der Waals surface area (Å²) in [5.41, 5.74) is 0. The molecule has 0 aromatic heterocycles. The molecule has 4 atom stereocenters. The van der Waals surface area contributed by atoms with E-state index in [1.165, 1.54) is 32.1 Å². The van der Waals surface area contributed by atoms with Crippen molar-refractivity contribution in [3.8, 4) is 0 Å². The monoisotopic (exact) mass is 377 g/mol. The van der Waals surface area contributed by atoms with Crippen LogP contribution in [-0.4, -0.2) is 48.4 Å². The maximum atomic E-state index is 12.7. The zero-order valence-corrected chi connectivity index (χ0v) is 17.3. The van der Waals surface area contributed by atoms with Crippen LogP contribution in [0.5, 0.6) is 0 Å². The number of piperidine rings is 1. The molecule has 1 heterocycles. The van der Waals surface area contributed by atoms with Gasteiger partial charge in [-0.2, -0.15) is 0 Å². The van der Waals surface area contributed by atoms with Gasteiger partial charge < -0.3 is 10.6 Å². The van der Waals surface area contributed by atoms with Crippen molar-refractivity contribution in [1.29, 1.82) is 0 Å². The van der Waals surface area contributed by atoms with Gasteiger partial charge in [-0.25, -0.2) is 0 Å². The number of rotatable bonds is 5. The standard InChI is InChI=1S/C22H39N3O2/c1-16-8-6-12-20(17(16)2)24-21(26)15-25-13-7-9-18(14-25)22(27)23-19-10-4-3-5-11-19/h16-20H,3-15H2,1-2H3,(H,23,27)(H,24,26). The van der Waals surface area contributed by atoms with Gasteiger partial charge in [0, 0.05) is 18.6 Å². The Morgan fingerprint density at radius 2 is 1.67 bits per heavy atom. The van der Waals surface area contributed by atoms with E-state index in [0.29, 0.717) is 30.5 Å². The van der Waals surface area contributed by atoms with Gasteiger partial charge in [-0.05, 0) is 50.5 Å². The van der Waals surface area contributed by atoms with E-state index < -0.39 is 0 Å². The number of likely N-dealkylation sites (tertiary alicyclic amines) is 1. The van der Waals surface area contributed by atoms with Crippen molar-refractivity contribution in [2.24, 2.45) is 17.8 Å². The van der Waals surface area contributed by atoms with Gasteiger partial charge in [0.15, 0.2) is 0 Å². The van der Waals surface area contributed by atoms with Crippen LogP contribution in [0.15, 0.2) is 0 Å². The minimum Gasteiger partial charge on any atom is -0.353 e. The highest BCUT2D eigenvalue weighted by Crippen LogP contribution is 2.29. The van der Waals surface area contributed by atoms with Crippen LogP contribution < -0.4 is 10.6 Å². The minimum absolute atomic E-state index is 0.0436. The molecule has 3 aliphatic rings. The molecule has 154 valence electrons. The summed E-state index contributed by atoms with van der Waals surface area (Å²) in [6, 6.07) is 0.691. The summed E-state index contributed by atoms with van der Waals surface area (Å²) >= 11 is 0. The Morgan fingerprint density at radius 1 is 0.889 bits per heavy atom. The van der Waals surface area contributed by atoms with Crippen LogP contribution >= 0.6 is 0 Å². The van der Waals surface area contributed by atoms with E-state index in [1.807, 2.05) is 0 Å². The fourth-order valence-corrected chi connectivity index (χ4v) is 5.22. The molecule has 2 saturated carbocycles. The van der Waals surface area contributed by atoms with E-state index in [9.17, 15) is 9.59 Å². The maximum Gasteiger partial charge on any atom is 0.234 e. The van der Waals surface area contributed by atoms with Crippen molar-refractivity contribution in [2.45, 2.75) is 90.1 Å². The number of nitrogens with zero attached hydrogens (tertiary/aromatic N) is 1. The lowest BCUT2D eigenvalue weighted by Gasteiger charge is -2.36. The average molecular weight is 378 g/mol. The second-order valence-electron chi connectivity index (χ2n) is 9.36. The average Bonchev–Trinajstić information content (AvgIpc) is 2.66. The molecule has 2 aliphatic carbocycles. The lowest BCUT2D eigenvalue weighted by molar-refractivity contribution is -0.130. The number of nitrogens with one attached hydrogen (secondary N) is 2. The summed E-state index contributed by atoms with van der Waals surface area (Å²) in [5.74, 6) is 1.63. The first-order chi connectivity index (χ1) is 13.0. The van der Waals surface area contributed by atoms with Crippen molar-refractivity contribution in [1.82, 2.24) is 15.5 Å². The predicted molar refractivity (Wildman–Crippen MR) is 108 cm³/mol. The van der Waals surface area contributed by atoms with E-state index in [2.05, 4.69) is 29.4 Å². The molecule has 1 saturated heterocycles. The minimum atomic E-state index is 0.0436. The molecule has 5 nitrogen and oxygen atoms in total. The van der Waals surface area contributed by atoms with Crippen molar-refractivity contribution in [3.05, 3.63) is 0 Å². The highest BCUT2D eigenvalue weighted by atomic mass is 16.2. The molecule has 4 unspecified atom stereocenters. The quantitative estimate of drug-likeness (QED) is 0.774. The normalized spacial score (nSPS) is 33.4. The van der Waals surface area contributed by atoms with Gasteiger partial charge in [0.1, 0.15) is 0 Å². The van der Waals surface area contributed by atoms with E-state index >= 15 is 0 Å². The van der Waals surface area contributed by atoms with Crippen LogP contribution in [0.1, 0.15) is 78.1 Å². The summed E-state index contributed by atoms with van der Waals surface area (Å²) in [6.07, 6.45) is 11.6. The second kappa shape index (κ2) is 9.90. The van der Waals surface area contributed by atoms with Gasteiger partial charge in [-0.3, -0.25) is 14.5 Å². The Labute approximate surface area is 165 Å². The van der Waals surface area contributed by atoms with Gasteiger partial charge >= 0.3 is 0 Å². The molecule has 0 radical (unpaired) electrons. The van der Waals surface area contributed by atoms with Crippen LogP contribution in [0.2, 0.25) is 0 Å². The molecule has 2 N–H and O–H groups in total. The smallest absolute Gasteiger partial charge is 0.234 e. The number of hydrogen-bond donors (Lipinski definition) is 2. The topological polar surface area (TPSA) is 61.4 Å². The number of carbonyl (C=O) groups excluding carboxylic acids is 2. The van der Waals surface area contributed by atoms with E-state index in [1.54, 1.807) is 0 Å². The molecular formula is C22H39N3O2. The number of hydrogen-bond acceptors (Lipinski definition) is 3. The summed E-state index contributed by atoms with van der Waals surface area (Å²) in [4.78, 5) is 27.4. The molecule has 0 aromatic carbocycles. The highest BCUT2D eigenvalue weighted by Gasteiger charge is 2.31. The van der Waals surface area contributed by atoms with Gasteiger partial charge in [-0.1, -0.05) is 46.0 Å². The van der Waals surface area contributed by atoms with Crippen LogP contribution in [0, 0.1) is 17.8 Å². The van der Waals surface area contributed by atoms with Crippen molar-refractivity contribution >= 4 is 11.8 Å². The fourth-order valence-electron chi connectivity index (χ4n) is 5.22. The largest absolute Gasteiger partial charge is 0.353 e.